The van der Waals surface area contributed by atoms with Crippen molar-refractivity contribution in [1.29, 1.82) is 0 Å². The molecular weight excluding hydrogens is 683 g/mol. The molecule has 4 N–H and O–H groups in total. The summed E-state index contributed by atoms with van der Waals surface area (Å²) in [7, 11) is -3.57. The molecule has 296 valence electrons. The first kappa shape index (κ1) is 43.4. The molecule has 0 bridgehead atoms. The largest absolute Gasteiger partial charge is 0.346 e. The van der Waals surface area contributed by atoms with Crippen LogP contribution >= 0.6 is 0 Å². The molecule has 5 amide bonds. The highest BCUT2D eigenvalue weighted by Gasteiger charge is 2.51. The minimum absolute atomic E-state index is 0.0154. The summed E-state index contributed by atoms with van der Waals surface area (Å²) in [4.78, 5) is 70.6. The molecular formula is C39H67N5O7S. The van der Waals surface area contributed by atoms with Crippen LogP contribution < -0.4 is 21.3 Å². The number of hydrogen-bond donors (Lipinski definition) is 4. The normalized spacial score (nSPS) is 23.8. The van der Waals surface area contributed by atoms with Gasteiger partial charge in [-0.25, -0.2) is 13.2 Å². The van der Waals surface area contributed by atoms with Gasteiger partial charge < -0.3 is 26.2 Å². The van der Waals surface area contributed by atoms with Crippen molar-refractivity contribution < 1.29 is 32.4 Å². The number of ketones is 1. The number of piperidine rings is 1. The van der Waals surface area contributed by atoms with E-state index in [4.69, 9.17) is 0 Å². The van der Waals surface area contributed by atoms with Gasteiger partial charge in [-0.05, 0) is 76.0 Å². The molecule has 13 heteroatoms. The number of rotatable bonds is 15. The Hall–Kier alpha value is -2.96. The fourth-order valence-corrected chi connectivity index (χ4v) is 9.53. The smallest absolute Gasteiger partial charge is 0.315 e. The molecule has 0 aromatic rings. The van der Waals surface area contributed by atoms with Crippen LogP contribution in [0.4, 0.5) is 4.79 Å². The lowest BCUT2D eigenvalue weighted by molar-refractivity contribution is -0.151. The van der Waals surface area contributed by atoms with Gasteiger partial charge in [-0.2, -0.15) is 0 Å². The van der Waals surface area contributed by atoms with E-state index >= 15 is 0 Å². The van der Waals surface area contributed by atoms with Crippen molar-refractivity contribution in [2.75, 3.05) is 18.8 Å². The zero-order chi connectivity index (χ0) is 39.1. The molecule has 3 fully saturated rings. The number of carbonyl (C=O) groups is 5. The van der Waals surface area contributed by atoms with Crippen molar-refractivity contribution in [3.8, 4) is 0 Å². The van der Waals surface area contributed by atoms with Crippen LogP contribution in [0.3, 0.4) is 0 Å². The highest BCUT2D eigenvalue weighted by atomic mass is 32.2. The number of nitrogens with zero attached hydrogens (tertiary/aromatic N) is 1. The van der Waals surface area contributed by atoms with Gasteiger partial charge in [0.05, 0.1) is 22.1 Å². The summed E-state index contributed by atoms with van der Waals surface area (Å²) < 4.78 is 25.9. The van der Waals surface area contributed by atoms with Gasteiger partial charge in [-0.15, -0.1) is 6.58 Å². The molecule has 3 rings (SSSR count). The molecule has 12 nitrogen and oxygen atoms in total. The van der Waals surface area contributed by atoms with E-state index < -0.39 is 67.3 Å². The fraction of sp³-hybridized carbons (Fsp3) is 0.821. The fourth-order valence-electron chi connectivity index (χ4n) is 8.01. The Bertz CT molecular complexity index is 1420. The number of urea groups is 1. The number of carbonyl (C=O) groups excluding carboxylic acids is 5. The number of Topliss-reactive ketones (excluding diaryl/α,β-unsaturated/α-hetero) is 1. The van der Waals surface area contributed by atoms with Crippen molar-refractivity contribution in [2.24, 2.45) is 16.7 Å². The van der Waals surface area contributed by atoms with Crippen molar-refractivity contribution in [3.05, 3.63) is 12.7 Å². The van der Waals surface area contributed by atoms with Gasteiger partial charge in [-0.3, -0.25) is 19.2 Å². The topological polar surface area (TPSA) is 171 Å². The molecule has 2 saturated carbocycles. The molecule has 4 atom stereocenters. The van der Waals surface area contributed by atoms with Crippen LogP contribution in [0.15, 0.2) is 12.7 Å². The zero-order valence-corrected chi connectivity index (χ0v) is 33.9. The monoisotopic (exact) mass is 749 g/mol. The third-order valence-corrected chi connectivity index (χ3v) is 14.9. The van der Waals surface area contributed by atoms with Gasteiger partial charge in [0.2, 0.25) is 17.6 Å². The van der Waals surface area contributed by atoms with Crippen LogP contribution in [0, 0.1) is 16.7 Å². The summed E-state index contributed by atoms with van der Waals surface area (Å²) >= 11 is 0. The van der Waals surface area contributed by atoms with Crippen LogP contribution in [-0.4, -0.2) is 90.1 Å². The van der Waals surface area contributed by atoms with Crippen molar-refractivity contribution in [2.45, 2.75) is 167 Å². The number of hydrogen-bond acceptors (Lipinski definition) is 7. The van der Waals surface area contributed by atoms with E-state index in [9.17, 15) is 32.4 Å². The lowest BCUT2D eigenvalue weighted by atomic mass is 9.70. The van der Waals surface area contributed by atoms with E-state index in [2.05, 4.69) is 41.7 Å². The molecule has 0 aromatic heterocycles. The summed E-state index contributed by atoms with van der Waals surface area (Å²) in [6, 6.07) is -3.55. The third-order valence-electron chi connectivity index (χ3n) is 12.1. The van der Waals surface area contributed by atoms with Gasteiger partial charge in [0.1, 0.15) is 12.1 Å². The molecule has 3 aliphatic rings. The Morgan fingerprint density at radius 1 is 0.942 bits per heavy atom. The first-order valence-electron chi connectivity index (χ1n) is 19.5. The Morgan fingerprint density at radius 3 is 2.10 bits per heavy atom. The van der Waals surface area contributed by atoms with Crippen LogP contribution in [-0.2, 0) is 29.0 Å². The van der Waals surface area contributed by atoms with E-state index in [0.717, 1.165) is 38.5 Å². The summed E-state index contributed by atoms with van der Waals surface area (Å²) in [5, 5.41) is 11.4. The lowest BCUT2D eigenvalue weighted by Gasteiger charge is -2.49. The Balaban J connectivity index is 1.95. The highest BCUT2D eigenvalue weighted by molar-refractivity contribution is 7.92. The van der Waals surface area contributed by atoms with E-state index in [1.54, 1.807) is 25.7 Å². The molecule has 52 heavy (non-hydrogen) atoms. The first-order chi connectivity index (χ1) is 24.1. The number of amides is 5. The lowest BCUT2D eigenvalue weighted by Crippen LogP contribution is -2.66. The Morgan fingerprint density at radius 2 is 1.54 bits per heavy atom. The maximum Gasteiger partial charge on any atom is 0.315 e. The van der Waals surface area contributed by atoms with Crippen LogP contribution in [0.5, 0.6) is 0 Å². The van der Waals surface area contributed by atoms with E-state index in [-0.39, 0.29) is 42.5 Å². The summed E-state index contributed by atoms with van der Waals surface area (Å²) in [5.74, 6) is -2.60. The SMILES string of the molecule is C=CCNC(=O)C(=O)C(CCCC)NC(=O)[C@@H]1CC(C)(C)C(C)CN1C(=O)[C@@H](NC(=O)NC1(CS(=O)(=O)C(C)(C)C)CCCCC1)C1(C)CCCC1. The third kappa shape index (κ3) is 10.6. The van der Waals surface area contributed by atoms with Crippen molar-refractivity contribution in [1.82, 2.24) is 26.2 Å². The van der Waals surface area contributed by atoms with E-state index in [1.807, 2.05) is 20.8 Å². The number of sulfone groups is 1. The molecule has 0 aromatic carbocycles. The number of likely N-dealkylation sites (tertiary alicyclic amines) is 1. The summed E-state index contributed by atoms with van der Waals surface area (Å²) in [5.41, 5.74) is -1.87. The van der Waals surface area contributed by atoms with Crippen molar-refractivity contribution >= 4 is 39.4 Å². The maximum atomic E-state index is 14.9. The molecule has 0 spiro atoms. The Kier molecular flexibility index (Phi) is 14.6. The van der Waals surface area contributed by atoms with Crippen LogP contribution in [0.1, 0.15) is 139 Å². The average molecular weight is 750 g/mol. The minimum Gasteiger partial charge on any atom is -0.346 e. The standard InChI is InChI=1S/C39H67N5O7S/c1-10-12-18-28(30(45)33(47)40-23-11-2)41-32(46)29-24-37(7,8)27(3)25-44(29)34(48)31(38(9)19-16-17-20-38)42-35(49)43-39(21-14-13-15-22-39)26-52(50,51)36(4,5)6/h11,27-29,31H,2,10,12-26H2,1,3-9H3,(H,40,47)(H,41,46)(H2,42,43,49)/t27?,28?,29-,31+/m0/s1. The first-order valence-corrected chi connectivity index (χ1v) is 21.1. The van der Waals surface area contributed by atoms with E-state index in [0.29, 0.717) is 38.5 Å². The highest BCUT2D eigenvalue weighted by Crippen LogP contribution is 2.44. The number of nitrogens with one attached hydrogen (secondary N) is 4. The quantitative estimate of drug-likeness (QED) is 0.135. The number of unbranched alkanes of at least 4 members (excludes halogenated alkanes) is 1. The zero-order valence-electron chi connectivity index (χ0n) is 33.1. The van der Waals surface area contributed by atoms with Gasteiger partial charge >= 0.3 is 6.03 Å². The van der Waals surface area contributed by atoms with Gasteiger partial charge in [0, 0.05) is 13.1 Å². The summed E-state index contributed by atoms with van der Waals surface area (Å²) in [6.07, 6.45) is 10.2. The average Bonchev–Trinajstić information content (AvgIpc) is 3.51. The van der Waals surface area contributed by atoms with Gasteiger partial charge in [0.15, 0.2) is 9.84 Å². The molecule has 0 radical (unpaired) electrons. The molecule has 2 unspecified atom stereocenters. The van der Waals surface area contributed by atoms with Gasteiger partial charge in [-0.1, -0.05) is 85.6 Å². The molecule has 1 saturated heterocycles. The molecule has 1 aliphatic heterocycles. The second kappa shape index (κ2) is 17.5. The van der Waals surface area contributed by atoms with Gasteiger partial charge in [0.25, 0.3) is 5.91 Å². The van der Waals surface area contributed by atoms with E-state index in [1.165, 1.54) is 6.08 Å². The van der Waals surface area contributed by atoms with Crippen LogP contribution in [0.25, 0.3) is 0 Å². The predicted octanol–water partition coefficient (Wildman–Crippen LogP) is 4.96. The second-order valence-electron chi connectivity index (χ2n) is 17.8. The predicted molar refractivity (Wildman–Crippen MR) is 204 cm³/mol. The molecule has 2 aliphatic carbocycles. The second-order valence-corrected chi connectivity index (χ2v) is 20.5. The molecule has 1 heterocycles. The maximum absolute atomic E-state index is 14.9. The summed E-state index contributed by atoms with van der Waals surface area (Å²) in [6.45, 7) is 19.1. The Labute approximate surface area is 312 Å². The van der Waals surface area contributed by atoms with Crippen LogP contribution in [0.2, 0.25) is 0 Å². The minimum atomic E-state index is -3.57. The van der Waals surface area contributed by atoms with Crippen molar-refractivity contribution in [3.63, 3.8) is 0 Å².